The number of carbonyl (C=O) groups excluding carboxylic acids is 1. The molecule has 0 aliphatic heterocycles. The van der Waals surface area contributed by atoms with Crippen LogP contribution < -0.4 is 5.32 Å². The van der Waals surface area contributed by atoms with E-state index in [2.05, 4.69) is 5.32 Å². The molecule has 0 spiro atoms. The Balaban J connectivity index is 3.07. The van der Waals surface area contributed by atoms with E-state index >= 15 is 0 Å². The quantitative estimate of drug-likeness (QED) is 0.811. The van der Waals surface area contributed by atoms with Crippen LogP contribution in [0.4, 0.5) is 23.7 Å². The average molecular weight is 246 g/mol. The predicted molar refractivity (Wildman–Crippen MR) is 58.9 cm³/mol. The molecule has 0 saturated carbocycles. The number of amides is 2. The number of carbonyl (C=O) groups is 1. The molecule has 1 N–H and O–H groups in total. The molecule has 0 saturated heterocycles. The van der Waals surface area contributed by atoms with Crippen molar-refractivity contribution in [1.29, 1.82) is 0 Å². The Labute approximate surface area is 97.2 Å². The Morgan fingerprint density at radius 2 is 1.88 bits per heavy atom. The van der Waals surface area contributed by atoms with Gasteiger partial charge in [0.05, 0.1) is 5.56 Å². The molecule has 0 heterocycles. The van der Waals surface area contributed by atoms with Crippen LogP contribution in [0.2, 0.25) is 0 Å². The number of halogens is 3. The molecular formula is C11H13F3N2O. The summed E-state index contributed by atoms with van der Waals surface area (Å²) in [6.45, 7) is 1.33. The van der Waals surface area contributed by atoms with Gasteiger partial charge < -0.3 is 10.2 Å². The smallest absolute Gasteiger partial charge is 0.331 e. The topological polar surface area (TPSA) is 32.3 Å². The van der Waals surface area contributed by atoms with Crippen LogP contribution in [0.3, 0.4) is 0 Å². The van der Waals surface area contributed by atoms with Gasteiger partial charge in [0, 0.05) is 19.8 Å². The van der Waals surface area contributed by atoms with Gasteiger partial charge in [-0.25, -0.2) is 4.79 Å². The third-order valence-corrected chi connectivity index (χ3v) is 2.29. The van der Waals surface area contributed by atoms with Crippen molar-refractivity contribution in [2.45, 2.75) is 13.1 Å². The lowest BCUT2D eigenvalue weighted by molar-refractivity contribution is -0.138. The second-order valence-electron chi connectivity index (χ2n) is 3.80. The van der Waals surface area contributed by atoms with E-state index < -0.39 is 17.8 Å². The van der Waals surface area contributed by atoms with Gasteiger partial charge in [0.15, 0.2) is 0 Å². The molecule has 0 unspecified atom stereocenters. The van der Waals surface area contributed by atoms with Crippen LogP contribution in [-0.2, 0) is 6.18 Å². The predicted octanol–water partition coefficient (Wildman–Crippen LogP) is 3.11. The summed E-state index contributed by atoms with van der Waals surface area (Å²) in [5.74, 6) is 0. The number of urea groups is 1. The van der Waals surface area contributed by atoms with Gasteiger partial charge in [-0.05, 0) is 24.6 Å². The number of anilines is 1. The van der Waals surface area contributed by atoms with E-state index in [1.54, 1.807) is 0 Å². The number of nitrogens with zero attached hydrogens (tertiary/aromatic N) is 1. The highest BCUT2D eigenvalue weighted by Gasteiger charge is 2.33. The molecule has 3 nitrogen and oxygen atoms in total. The van der Waals surface area contributed by atoms with E-state index in [1.165, 1.54) is 38.1 Å². The van der Waals surface area contributed by atoms with Crippen LogP contribution in [0.25, 0.3) is 0 Å². The van der Waals surface area contributed by atoms with Gasteiger partial charge in [-0.3, -0.25) is 0 Å². The third kappa shape index (κ3) is 3.12. The molecule has 0 fully saturated rings. The van der Waals surface area contributed by atoms with E-state index in [0.717, 1.165) is 6.07 Å². The highest BCUT2D eigenvalue weighted by Crippen LogP contribution is 2.34. The van der Waals surface area contributed by atoms with Crippen LogP contribution in [0.1, 0.15) is 11.1 Å². The van der Waals surface area contributed by atoms with Crippen molar-refractivity contribution >= 4 is 11.7 Å². The van der Waals surface area contributed by atoms with Crippen molar-refractivity contribution in [1.82, 2.24) is 4.90 Å². The molecule has 0 atom stereocenters. The zero-order chi connectivity index (χ0) is 13.2. The van der Waals surface area contributed by atoms with Gasteiger partial charge >= 0.3 is 12.2 Å². The van der Waals surface area contributed by atoms with Gasteiger partial charge in [-0.2, -0.15) is 13.2 Å². The number of rotatable bonds is 1. The lowest BCUT2D eigenvalue weighted by atomic mass is 10.1. The molecule has 0 bridgehead atoms. The normalized spacial score (nSPS) is 11.2. The molecule has 0 radical (unpaired) electrons. The number of alkyl halides is 3. The molecule has 1 rings (SSSR count). The number of benzene rings is 1. The Kier molecular flexibility index (Phi) is 3.65. The molecule has 0 aromatic heterocycles. The standard InChI is InChI=1S/C11H13F3N2O/c1-7-8(11(12,13)14)5-4-6-9(7)15-10(17)16(2)3/h4-6H,1-3H3,(H,15,17). The molecule has 1 aromatic rings. The lowest BCUT2D eigenvalue weighted by Gasteiger charge is -2.16. The maximum absolute atomic E-state index is 12.6. The van der Waals surface area contributed by atoms with Gasteiger partial charge in [-0.1, -0.05) is 6.07 Å². The van der Waals surface area contributed by atoms with Gasteiger partial charge in [0.1, 0.15) is 0 Å². The fraction of sp³-hybridized carbons (Fsp3) is 0.364. The van der Waals surface area contributed by atoms with Crippen molar-refractivity contribution < 1.29 is 18.0 Å². The van der Waals surface area contributed by atoms with Gasteiger partial charge in [0.25, 0.3) is 0 Å². The summed E-state index contributed by atoms with van der Waals surface area (Å²) >= 11 is 0. The highest BCUT2D eigenvalue weighted by molar-refractivity contribution is 5.90. The SMILES string of the molecule is Cc1c(NC(=O)N(C)C)cccc1C(F)(F)F. The largest absolute Gasteiger partial charge is 0.416 e. The molecule has 0 aliphatic rings. The van der Waals surface area contributed by atoms with Crippen molar-refractivity contribution in [3.05, 3.63) is 29.3 Å². The summed E-state index contributed by atoms with van der Waals surface area (Å²) in [6, 6.07) is 3.22. The minimum atomic E-state index is -4.41. The molecule has 1 aromatic carbocycles. The summed E-state index contributed by atoms with van der Waals surface area (Å²) in [5, 5.41) is 2.41. The lowest BCUT2D eigenvalue weighted by Crippen LogP contribution is -2.27. The first kappa shape index (κ1) is 13.3. The summed E-state index contributed by atoms with van der Waals surface area (Å²) < 4.78 is 37.8. The molecule has 6 heteroatoms. The van der Waals surface area contributed by atoms with Crippen molar-refractivity contribution in [2.75, 3.05) is 19.4 Å². The average Bonchev–Trinajstić information content (AvgIpc) is 2.19. The summed E-state index contributed by atoms with van der Waals surface area (Å²) in [4.78, 5) is 12.6. The number of hydrogen-bond acceptors (Lipinski definition) is 1. The van der Waals surface area contributed by atoms with Gasteiger partial charge in [-0.15, -0.1) is 0 Å². The van der Waals surface area contributed by atoms with Crippen LogP contribution in [-0.4, -0.2) is 25.0 Å². The van der Waals surface area contributed by atoms with E-state index in [9.17, 15) is 18.0 Å². The highest BCUT2D eigenvalue weighted by atomic mass is 19.4. The summed E-state index contributed by atoms with van der Waals surface area (Å²) in [5.41, 5.74) is -0.567. The molecule has 17 heavy (non-hydrogen) atoms. The first-order valence-corrected chi connectivity index (χ1v) is 4.88. The molecule has 94 valence electrons. The Bertz CT molecular complexity index is 427. The maximum atomic E-state index is 12.6. The van der Waals surface area contributed by atoms with Gasteiger partial charge in [0.2, 0.25) is 0 Å². The van der Waals surface area contributed by atoms with Crippen LogP contribution in [0.15, 0.2) is 18.2 Å². The van der Waals surface area contributed by atoms with Crippen molar-refractivity contribution in [3.8, 4) is 0 Å². The van der Waals surface area contributed by atoms with Crippen LogP contribution in [0.5, 0.6) is 0 Å². The van der Waals surface area contributed by atoms with E-state index in [4.69, 9.17) is 0 Å². The molecular weight excluding hydrogens is 233 g/mol. The second-order valence-corrected chi connectivity index (χ2v) is 3.80. The van der Waals surface area contributed by atoms with Crippen LogP contribution >= 0.6 is 0 Å². The molecule has 0 aliphatic carbocycles. The molecule has 2 amide bonds. The monoisotopic (exact) mass is 246 g/mol. The minimum Gasteiger partial charge on any atom is -0.331 e. The zero-order valence-corrected chi connectivity index (χ0v) is 9.72. The zero-order valence-electron chi connectivity index (χ0n) is 9.72. The Hall–Kier alpha value is -1.72. The first-order chi connectivity index (χ1) is 7.73. The third-order valence-electron chi connectivity index (χ3n) is 2.29. The number of hydrogen-bond donors (Lipinski definition) is 1. The Morgan fingerprint density at radius 1 is 1.29 bits per heavy atom. The van der Waals surface area contributed by atoms with E-state index in [0.29, 0.717) is 0 Å². The maximum Gasteiger partial charge on any atom is 0.416 e. The summed E-state index contributed by atoms with van der Waals surface area (Å²) in [6.07, 6.45) is -4.41. The first-order valence-electron chi connectivity index (χ1n) is 4.88. The fourth-order valence-corrected chi connectivity index (χ4v) is 1.31. The van der Waals surface area contributed by atoms with E-state index in [1.807, 2.05) is 0 Å². The van der Waals surface area contributed by atoms with Crippen molar-refractivity contribution in [3.63, 3.8) is 0 Å². The van der Waals surface area contributed by atoms with Crippen molar-refractivity contribution in [2.24, 2.45) is 0 Å². The number of nitrogens with one attached hydrogen (secondary N) is 1. The minimum absolute atomic E-state index is 0.00944. The summed E-state index contributed by atoms with van der Waals surface area (Å²) in [7, 11) is 3.02. The second kappa shape index (κ2) is 4.65. The fourth-order valence-electron chi connectivity index (χ4n) is 1.31. The van der Waals surface area contributed by atoms with E-state index in [-0.39, 0.29) is 11.3 Å². The van der Waals surface area contributed by atoms with Crippen LogP contribution in [0, 0.1) is 6.92 Å². The Morgan fingerprint density at radius 3 is 2.35 bits per heavy atom.